The zero-order valence-corrected chi connectivity index (χ0v) is 13.8. The second-order valence-electron chi connectivity index (χ2n) is 6.26. The van der Waals surface area contributed by atoms with Gasteiger partial charge in [0.15, 0.2) is 0 Å². The maximum Gasteiger partial charge on any atom is 0.123 e. The van der Waals surface area contributed by atoms with Crippen molar-refractivity contribution in [2.24, 2.45) is 5.73 Å². The molecule has 122 valence electrons. The van der Waals surface area contributed by atoms with E-state index in [1.54, 1.807) is 0 Å². The molecule has 0 radical (unpaired) electrons. The van der Waals surface area contributed by atoms with Gasteiger partial charge in [0.25, 0.3) is 0 Å². The summed E-state index contributed by atoms with van der Waals surface area (Å²) in [4.78, 5) is 2.32. The van der Waals surface area contributed by atoms with E-state index in [4.69, 9.17) is 17.3 Å². The number of hydrogen-bond donors (Lipinski definition) is 1. The highest BCUT2D eigenvalue weighted by Gasteiger charge is 2.26. The lowest BCUT2D eigenvalue weighted by atomic mass is 9.88. The van der Waals surface area contributed by atoms with E-state index in [9.17, 15) is 4.39 Å². The zero-order valence-electron chi connectivity index (χ0n) is 13.1. The molecule has 1 fully saturated rings. The molecule has 2 nitrogen and oxygen atoms in total. The van der Waals surface area contributed by atoms with Crippen molar-refractivity contribution in [2.45, 2.75) is 31.3 Å². The fourth-order valence-electron chi connectivity index (χ4n) is 3.31. The number of likely N-dealkylation sites (tertiary alicyclic amines) is 1. The molecular weight excluding hydrogens is 311 g/mol. The van der Waals surface area contributed by atoms with Crippen molar-refractivity contribution in [3.05, 3.63) is 70.5 Å². The lowest BCUT2D eigenvalue weighted by Crippen LogP contribution is -2.48. The van der Waals surface area contributed by atoms with Gasteiger partial charge in [-0.05, 0) is 60.6 Å². The molecule has 2 aromatic rings. The molecule has 3 rings (SSSR count). The van der Waals surface area contributed by atoms with Gasteiger partial charge in [0, 0.05) is 18.1 Å². The maximum absolute atomic E-state index is 12.9. The first-order valence-electron chi connectivity index (χ1n) is 8.11. The summed E-state index contributed by atoms with van der Waals surface area (Å²) in [5.74, 6) is 0.290. The van der Waals surface area contributed by atoms with Crippen LogP contribution in [0, 0.1) is 5.82 Å². The van der Waals surface area contributed by atoms with Crippen LogP contribution in [0.3, 0.4) is 0 Å². The molecule has 1 aliphatic heterocycles. The standard InChI is InChI=1S/C19H22ClFN2/c20-17-3-1-2-15(12-17)16-9-11-23(19(22)13-16)10-8-14-4-6-18(21)7-5-14/h1-7,12,16,19H,8-11,13,22H2. The quantitative estimate of drug-likeness (QED) is 0.909. The van der Waals surface area contributed by atoms with Gasteiger partial charge in [-0.15, -0.1) is 0 Å². The van der Waals surface area contributed by atoms with Gasteiger partial charge >= 0.3 is 0 Å². The van der Waals surface area contributed by atoms with Gasteiger partial charge in [0.2, 0.25) is 0 Å². The Morgan fingerprint density at radius 2 is 1.96 bits per heavy atom. The zero-order chi connectivity index (χ0) is 16.2. The Hall–Kier alpha value is -1.42. The van der Waals surface area contributed by atoms with Crippen LogP contribution in [0.15, 0.2) is 48.5 Å². The van der Waals surface area contributed by atoms with Crippen LogP contribution in [0.5, 0.6) is 0 Å². The first-order chi connectivity index (χ1) is 11.1. The summed E-state index contributed by atoms with van der Waals surface area (Å²) in [5.41, 5.74) is 8.80. The van der Waals surface area contributed by atoms with Crippen molar-refractivity contribution < 1.29 is 4.39 Å². The number of halogens is 2. The van der Waals surface area contributed by atoms with Crippen molar-refractivity contribution in [1.82, 2.24) is 4.90 Å². The highest BCUT2D eigenvalue weighted by atomic mass is 35.5. The van der Waals surface area contributed by atoms with Gasteiger partial charge in [-0.25, -0.2) is 4.39 Å². The summed E-state index contributed by atoms with van der Waals surface area (Å²) in [6.07, 6.45) is 3.00. The molecule has 0 spiro atoms. The number of rotatable bonds is 4. The number of nitrogens with two attached hydrogens (primary N) is 1. The summed E-state index contributed by atoms with van der Waals surface area (Å²) in [7, 11) is 0. The third-order valence-electron chi connectivity index (χ3n) is 4.68. The average molecular weight is 333 g/mol. The molecule has 0 aliphatic carbocycles. The lowest BCUT2D eigenvalue weighted by Gasteiger charge is -2.37. The minimum absolute atomic E-state index is 0.0631. The molecule has 2 unspecified atom stereocenters. The van der Waals surface area contributed by atoms with E-state index in [0.717, 1.165) is 42.9 Å². The number of piperidine rings is 1. The average Bonchev–Trinajstić information content (AvgIpc) is 2.55. The van der Waals surface area contributed by atoms with Crippen molar-refractivity contribution in [3.63, 3.8) is 0 Å². The van der Waals surface area contributed by atoms with Gasteiger partial charge in [-0.3, -0.25) is 4.90 Å². The van der Waals surface area contributed by atoms with Gasteiger partial charge in [-0.2, -0.15) is 0 Å². The molecule has 2 aromatic carbocycles. The SMILES string of the molecule is NC1CC(c2cccc(Cl)c2)CCN1CCc1ccc(F)cc1. The Morgan fingerprint density at radius 3 is 2.65 bits per heavy atom. The minimum Gasteiger partial charge on any atom is -0.316 e. The van der Waals surface area contributed by atoms with E-state index >= 15 is 0 Å². The third kappa shape index (κ3) is 4.31. The van der Waals surface area contributed by atoms with Crippen LogP contribution in [-0.2, 0) is 6.42 Å². The molecule has 0 amide bonds. The number of benzene rings is 2. The van der Waals surface area contributed by atoms with Gasteiger partial charge in [0.1, 0.15) is 5.82 Å². The van der Waals surface area contributed by atoms with Crippen LogP contribution in [0.4, 0.5) is 4.39 Å². The van der Waals surface area contributed by atoms with Crippen LogP contribution in [-0.4, -0.2) is 24.2 Å². The highest BCUT2D eigenvalue weighted by molar-refractivity contribution is 6.30. The van der Waals surface area contributed by atoms with E-state index in [0.29, 0.717) is 5.92 Å². The molecule has 23 heavy (non-hydrogen) atoms. The van der Waals surface area contributed by atoms with Crippen molar-refractivity contribution in [3.8, 4) is 0 Å². The first-order valence-corrected chi connectivity index (χ1v) is 8.49. The van der Waals surface area contributed by atoms with Crippen molar-refractivity contribution >= 4 is 11.6 Å². The molecule has 1 heterocycles. The normalized spacial score (nSPS) is 22.2. The molecular formula is C19H22ClFN2. The van der Waals surface area contributed by atoms with Crippen LogP contribution >= 0.6 is 11.6 Å². The molecule has 0 saturated carbocycles. The third-order valence-corrected chi connectivity index (χ3v) is 4.92. The van der Waals surface area contributed by atoms with E-state index in [1.165, 1.54) is 17.7 Å². The second kappa shape index (κ2) is 7.43. The minimum atomic E-state index is -0.187. The Labute approximate surface area is 142 Å². The Balaban J connectivity index is 1.55. The fraction of sp³-hybridized carbons (Fsp3) is 0.368. The molecule has 0 bridgehead atoms. The largest absolute Gasteiger partial charge is 0.316 e. The Bertz CT molecular complexity index is 644. The Kier molecular flexibility index (Phi) is 5.31. The molecule has 2 atom stereocenters. The molecule has 0 aromatic heterocycles. The van der Waals surface area contributed by atoms with Crippen LogP contribution in [0.1, 0.15) is 29.9 Å². The lowest BCUT2D eigenvalue weighted by molar-refractivity contribution is 0.140. The van der Waals surface area contributed by atoms with Crippen molar-refractivity contribution in [1.29, 1.82) is 0 Å². The van der Waals surface area contributed by atoms with Gasteiger partial charge in [-0.1, -0.05) is 35.9 Å². The van der Waals surface area contributed by atoms with Gasteiger partial charge in [0.05, 0.1) is 6.17 Å². The fourth-order valence-corrected chi connectivity index (χ4v) is 3.51. The summed E-state index contributed by atoms with van der Waals surface area (Å²) < 4.78 is 12.9. The topological polar surface area (TPSA) is 29.3 Å². The predicted octanol–water partition coefficient (Wildman–Crippen LogP) is 4.19. The molecule has 2 N–H and O–H groups in total. The highest BCUT2D eigenvalue weighted by Crippen LogP contribution is 2.31. The van der Waals surface area contributed by atoms with E-state index in [2.05, 4.69) is 11.0 Å². The van der Waals surface area contributed by atoms with Crippen LogP contribution in [0.25, 0.3) is 0 Å². The van der Waals surface area contributed by atoms with Gasteiger partial charge < -0.3 is 5.73 Å². The van der Waals surface area contributed by atoms with Crippen LogP contribution in [0.2, 0.25) is 5.02 Å². The van der Waals surface area contributed by atoms with E-state index in [1.807, 2.05) is 30.3 Å². The smallest absolute Gasteiger partial charge is 0.123 e. The first kappa shape index (κ1) is 16.4. The van der Waals surface area contributed by atoms with E-state index < -0.39 is 0 Å². The number of hydrogen-bond acceptors (Lipinski definition) is 2. The number of nitrogens with zero attached hydrogens (tertiary/aromatic N) is 1. The second-order valence-corrected chi connectivity index (χ2v) is 6.69. The van der Waals surface area contributed by atoms with E-state index in [-0.39, 0.29) is 12.0 Å². The summed E-state index contributed by atoms with van der Waals surface area (Å²) >= 11 is 6.09. The maximum atomic E-state index is 12.9. The predicted molar refractivity (Wildman–Crippen MR) is 93.1 cm³/mol. The monoisotopic (exact) mass is 332 g/mol. The van der Waals surface area contributed by atoms with Crippen LogP contribution < -0.4 is 5.73 Å². The molecule has 1 aliphatic rings. The Morgan fingerprint density at radius 1 is 1.17 bits per heavy atom. The molecule has 1 saturated heterocycles. The molecule has 4 heteroatoms. The summed E-state index contributed by atoms with van der Waals surface area (Å²) in [5, 5.41) is 0.787. The van der Waals surface area contributed by atoms with Crippen molar-refractivity contribution in [2.75, 3.05) is 13.1 Å². The summed E-state index contributed by atoms with van der Waals surface area (Å²) in [6, 6.07) is 14.8. The summed E-state index contributed by atoms with van der Waals surface area (Å²) in [6.45, 7) is 1.90.